The number of nitrogens with zero attached hydrogens (tertiary/aromatic N) is 6. The SMILES string of the molecule is COc1ccccc1N1CCN(C(=O)c2cccc(Nc3nc4ccccc4n4cnnc34)c2)CC1. The molecule has 0 saturated carbocycles. The largest absolute Gasteiger partial charge is 0.495 e. The molecule has 2 aromatic heterocycles. The Morgan fingerprint density at radius 3 is 2.61 bits per heavy atom. The molecule has 0 aliphatic carbocycles. The molecule has 1 amide bonds. The highest BCUT2D eigenvalue weighted by Crippen LogP contribution is 2.29. The molecule has 1 aliphatic rings. The Morgan fingerprint density at radius 1 is 0.944 bits per heavy atom. The molecule has 3 heterocycles. The first-order chi connectivity index (χ1) is 17.7. The van der Waals surface area contributed by atoms with E-state index in [0.29, 0.717) is 30.1 Å². The van der Waals surface area contributed by atoms with Crippen LogP contribution in [0.1, 0.15) is 10.4 Å². The molecule has 0 unspecified atom stereocenters. The fourth-order valence-corrected chi connectivity index (χ4v) is 4.68. The molecule has 1 N–H and O–H groups in total. The van der Waals surface area contributed by atoms with Gasteiger partial charge in [0, 0.05) is 37.4 Å². The van der Waals surface area contributed by atoms with Crippen molar-refractivity contribution in [3.63, 3.8) is 0 Å². The van der Waals surface area contributed by atoms with Gasteiger partial charge in [0.2, 0.25) is 5.65 Å². The Labute approximate surface area is 208 Å². The van der Waals surface area contributed by atoms with Gasteiger partial charge in [0.05, 0.1) is 23.8 Å². The van der Waals surface area contributed by atoms with Crippen LogP contribution in [0, 0.1) is 0 Å². The van der Waals surface area contributed by atoms with Gasteiger partial charge in [0.15, 0.2) is 5.82 Å². The number of anilines is 3. The molecule has 36 heavy (non-hydrogen) atoms. The van der Waals surface area contributed by atoms with Gasteiger partial charge in [0.1, 0.15) is 12.1 Å². The third kappa shape index (κ3) is 3.94. The van der Waals surface area contributed by atoms with Gasteiger partial charge in [-0.3, -0.25) is 9.20 Å². The van der Waals surface area contributed by atoms with E-state index < -0.39 is 0 Å². The minimum Gasteiger partial charge on any atom is -0.495 e. The number of benzene rings is 3. The number of para-hydroxylation sites is 4. The van der Waals surface area contributed by atoms with Crippen LogP contribution in [0.4, 0.5) is 17.2 Å². The van der Waals surface area contributed by atoms with Gasteiger partial charge in [-0.2, -0.15) is 0 Å². The number of hydrogen-bond acceptors (Lipinski definition) is 7. The number of amides is 1. The summed E-state index contributed by atoms with van der Waals surface area (Å²) in [6.45, 7) is 2.77. The third-order valence-corrected chi connectivity index (χ3v) is 6.50. The standard InChI is InChI=1S/C27H25N7O2/c1-36-24-12-5-4-11-23(24)32-13-15-33(16-14-32)27(35)19-7-6-8-20(17-19)29-25-26-31-28-18-34(26)22-10-3-2-9-21(22)30-25/h2-12,17-18H,13-16H2,1H3,(H,29,30). The number of hydrogen-bond donors (Lipinski definition) is 1. The van der Waals surface area contributed by atoms with Gasteiger partial charge < -0.3 is 19.9 Å². The normalized spacial score (nSPS) is 13.8. The molecule has 0 spiro atoms. The number of aromatic nitrogens is 4. The molecule has 1 aliphatic heterocycles. The number of piperazine rings is 1. The van der Waals surface area contributed by atoms with E-state index in [0.717, 1.165) is 41.2 Å². The van der Waals surface area contributed by atoms with Crippen LogP contribution in [0.2, 0.25) is 0 Å². The van der Waals surface area contributed by atoms with Gasteiger partial charge in [-0.25, -0.2) is 4.98 Å². The van der Waals surface area contributed by atoms with Crippen molar-refractivity contribution in [3.8, 4) is 5.75 Å². The zero-order valence-electron chi connectivity index (χ0n) is 19.8. The van der Waals surface area contributed by atoms with Crippen LogP contribution >= 0.6 is 0 Å². The van der Waals surface area contributed by atoms with Crippen molar-refractivity contribution >= 4 is 39.8 Å². The average Bonchev–Trinajstić information content (AvgIpc) is 3.44. The van der Waals surface area contributed by atoms with E-state index in [1.165, 1.54) is 0 Å². The minimum atomic E-state index is 0.0115. The summed E-state index contributed by atoms with van der Waals surface area (Å²) in [6, 6.07) is 23.3. The Kier molecular flexibility index (Phi) is 5.57. The number of fused-ring (bicyclic) bond motifs is 3. The second kappa shape index (κ2) is 9.18. The highest BCUT2D eigenvalue weighted by molar-refractivity contribution is 5.95. The smallest absolute Gasteiger partial charge is 0.254 e. The second-order valence-electron chi connectivity index (χ2n) is 8.63. The van der Waals surface area contributed by atoms with Crippen LogP contribution in [0.25, 0.3) is 16.7 Å². The molecule has 1 fully saturated rings. The quantitative estimate of drug-likeness (QED) is 0.408. The maximum Gasteiger partial charge on any atom is 0.254 e. The third-order valence-electron chi connectivity index (χ3n) is 6.50. The van der Waals surface area contributed by atoms with Crippen LogP contribution < -0.4 is 15.0 Å². The van der Waals surface area contributed by atoms with Crippen molar-refractivity contribution in [2.75, 3.05) is 43.5 Å². The highest BCUT2D eigenvalue weighted by Gasteiger charge is 2.24. The van der Waals surface area contributed by atoms with E-state index in [4.69, 9.17) is 9.72 Å². The number of rotatable bonds is 5. The summed E-state index contributed by atoms with van der Waals surface area (Å²) in [5.74, 6) is 1.44. The summed E-state index contributed by atoms with van der Waals surface area (Å²) in [5.41, 5.74) is 4.83. The van der Waals surface area contributed by atoms with Crippen molar-refractivity contribution in [3.05, 3.63) is 84.7 Å². The van der Waals surface area contributed by atoms with Crippen molar-refractivity contribution < 1.29 is 9.53 Å². The van der Waals surface area contributed by atoms with Crippen molar-refractivity contribution in [2.24, 2.45) is 0 Å². The Hall–Kier alpha value is -4.66. The summed E-state index contributed by atoms with van der Waals surface area (Å²) < 4.78 is 7.41. The van der Waals surface area contributed by atoms with Crippen LogP contribution in [-0.2, 0) is 0 Å². The van der Waals surface area contributed by atoms with Crippen molar-refractivity contribution in [2.45, 2.75) is 0 Å². The molecule has 0 bridgehead atoms. The number of methoxy groups -OCH3 is 1. The second-order valence-corrected chi connectivity index (χ2v) is 8.63. The first kappa shape index (κ1) is 21.8. The topological polar surface area (TPSA) is 87.9 Å². The average molecular weight is 480 g/mol. The molecule has 1 saturated heterocycles. The van der Waals surface area contributed by atoms with Crippen molar-refractivity contribution in [1.82, 2.24) is 24.5 Å². The van der Waals surface area contributed by atoms with Gasteiger partial charge >= 0.3 is 0 Å². The molecular weight excluding hydrogens is 454 g/mol. The van der Waals surface area contributed by atoms with Crippen LogP contribution in [0.15, 0.2) is 79.1 Å². The molecule has 0 atom stereocenters. The predicted octanol–water partition coefficient (Wildman–Crippen LogP) is 3.99. The molecule has 180 valence electrons. The molecule has 0 radical (unpaired) electrons. The Bertz CT molecular complexity index is 1560. The fraction of sp³-hybridized carbons (Fsp3) is 0.185. The molecule has 6 rings (SSSR count). The van der Waals surface area contributed by atoms with E-state index in [2.05, 4.69) is 26.5 Å². The number of ether oxygens (including phenoxy) is 1. The summed E-state index contributed by atoms with van der Waals surface area (Å²) >= 11 is 0. The number of carbonyl (C=O) groups excluding carboxylic acids is 1. The first-order valence-corrected chi connectivity index (χ1v) is 11.8. The monoisotopic (exact) mass is 479 g/mol. The summed E-state index contributed by atoms with van der Waals surface area (Å²) in [6.07, 6.45) is 1.68. The Morgan fingerprint density at radius 2 is 1.75 bits per heavy atom. The lowest BCUT2D eigenvalue weighted by Gasteiger charge is -2.36. The summed E-state index contributed by atoms with van der Waals surface area (Å²) in [5, 5.41) is 11.6. The van der Waals surface area contributed by atoms with Crippen LogP contribution in [0.5, 0.6) is 5.75 Å². The summed E-state index contributed by atoms with van der Waals surface area (Å²) in [7, 11) is 1.68. The lowest BCUT2D eigenvalue weighted by molar-refractivity contribution is 0.0746. The van der Waals surface area contributed by atoms with Gasteiger partial charge in [0.25, 0.3) is 5.91 Å². The molecule has 9 heteroatoms. The zero-order chi connectivity index (χ0) is 24.5. The molecule has 3 aromatic carbocycles. The van der Waals surface area contributed by atoms with E-state index in [1.54, 1.807) is 13.4 Å². The van der Waals surface area contributed by atoms with Gasteiger partial charge in [-0.15, -0.1) is 10.2 Å². The van der Waals surface area contributed by atoms with Gasteiger partial charge in [-0.05, 0) is 42.5 Å². The van der Waals surface area contributed by atoms with E-state index in [-0.39, 0.29) is 5.91 Å². The predicted molar refractivity (Wildman–Crippen MR) is 139 cm³/mol. The maximum absolute atomic E-state index is 13.3. The first-order valence-electron chi connectivity index (χ1n) is 11.8. The fourth-order valence-electron chi connectivity index (χ4n) is 4.68. The highest BCUT2D eigenvalue weighted by atomic mass is 16.5. The molecule has 5 aromatic rings. The van der Waals surface area contributed by atoms with E-state index >= 15 is 0 Å². The number of nitrogens with one attached hydrogen (secondary N) is 1. The lowest BCUT2D eigenvalue weighted by atomic mass is 10.1. The molecule has 9 nitrogen and oxygen atoms in total. The minimum absolute atomic E-state index is 0.0115. The Balaban J connectivity index is 1.20. The van der Waals surface area contributed by atoms with E-state index in [9.17, 15) is 4.79 Å². The van der Waals surface area contributed by atoms with Crippen LogP contribution in [0.3, 0.4) is 0 Å². The maximum atomic E-state index is 13.3. The van der Waals surface area contributed by atoms with Crippen molar-refractivity contribution in [1.29, 1.82) is 0 Å². The zero-order valence-corrected chi connectivity index (χ0v) is 19.8. The number of carbonyl (C=O) groups is 1. The van der Waals surface area contributed by atoms with Gasteiger partial charge in [-0.1, -0.05) is 30.3 Å². The molecular formula is C27H25N7O2. The van der Waals surface area contributed by atoms with Crippen LogP contribution in [-0.4, -0.2) is 63.7 Å². The van der Waals surface area contributed by atoms with E-state index in [1.807, 2.05) is 76.0 Å². The lowest BCUT2D eigenvalue weighted by Crippen LogP contribution is -2.48. The summed E-state index contributed by atoms with van der Waals surface area (Å²) in [4.78, 5) is 22.2.